The molecule has 0 unspecified atom stereocenters. The maximum Gasteiger partial charge on any atom is 0.329 e. The van der Waals surface area contributed by atoms with E-state index in [0.29, 0.717) is 0 Å². The van der Waals surface area contributed by atoms with Crippen molar-refractivity contribution in [3.05, 3.63) is 35.9 Å². The third kappa shape index (κ3) is 5.48. The van der Waals surface area contributed by atoms with Crippen LogP contribution in [0, 0.1) is 0 Å². The van der Waals surface area contributed by atoms with Crippen LogP contribution in [-0.4, -0.2) is 27.9 Å². The molecule has 1 aromatic rings. The van der Waals surface area contributed by atoms with Crippen molar-refractivity contribution in [2.24, 2.45) is 10.8 Å². The molecule has 1 heterocycles. The molecular formula is C18H28N3S+. The molecule has 0 aliphatic carbocycles. The quantitative estimate of drug-likeness (QED) is 0.547. The molecule has 2 rings (SSSR count). The Morgan fingerprint density at radius 1 is 1.05 bits per heavy atom. The molecule has 0 amide bonds. The molecule has 22 heavy (non-hydrogen) atoms. The zero-order valence-corrected chi connectivity index (χ0v) is 14.4. The minimum Gasteiger partial charge on any atom is -0.280 e. The van der Waals surface area contributed by atoms with E-state index in [1.807, 2.05) is 10.8 Å². The van der Waals surface area contributed by atoms with Crippen molar-refractivity contribution in [1.29, 1.82) is 0 Å². The number of thioether (sulfide) groups is 1. The molecule has 0 spiro atoms. The van der Waals surface area contributed by atoms with E-state index in [9.17, 15) is 0 Å². The van der Waals surface area contributed by atoms with Crippen LogP contribution in [0.2, 0.25) is 0 Å². The molecule has 1 aromatic carbocycles. The van der Waals surface area contributed by atoms with Crippen LogP contribution in [0.25, 0.3) is 0 Å². The summed E-state index contributed by atoms with van der Waals surface area (Å²) in [5, 5.41) is 5.59. The topological polar surface area (TPSA) is 41.4 Å². The maximum atomic E-state index is 6.10. The highest BCUT2D eigenvalue weighted by Crippen LogP contribution is 2.14. The maximum absolute atomic E-state index is 6.10. The van der Waals surface area contributed by atoms with Gasteiger partial charge >= 0.3 is 5.17 Å². The molecule has 0 fully saturated rings. The monoisotopic (exact) mass is 318 g/mol. The fourth-order valence-electron chi connectivity index (χ4n) is 2.59. The van der Waals surface area contributed by atoms with Crippen LogP contribution in [0.4, 0.5) is 0 Å². The summed E-state index contributed by atoms with van der Waals surface area (Å²) >= 11 is 1.69. The number of rotatable bonds is 9. The van der Waals surface area contributed by atoms with Crippen LogP contribution < -0.4 is 5.73 Å². The van der Waals surface area contributed by atoms with Crippen molar-refractivity contribution >= 4 is 22.6 Å². The summed E-state index contributed by atoms with van der Waals surface area (Å²) in [6.45, 7) is 3.19. The van der Waals surface area contributed by atoms with E-state index in [-0.39, 0.29) is 0 Å². The highest BCUT2D eigenvalue weighted by Gasteiger charge is 2.19. The Labute approximate surface area is 138 Å². The van der Waals surface area contributed by atoms with Crippen LogP contribution in [0.15, 0.2) is 35.4 Å². The first-order valence-electron chi connectivity index (χ1n) is 8.47. The minimum absolute atomic E-state index is 0.839. The van der Waals surface area contributed by atoms with Gasteiger partial charge in [0.2, 0.25) is 0 Å². The minimum atomic E-state index is 0.839. The molecule has 3 nitrogen and oxygen atoms in total. The predicted octanol–water partition coefficient (Wildman–Crippen LogP) is 4.22. The average Bonchev–Trinajstić information content (AvgIpc) is 2.56. The predicted molar refractivity (Wildman–Crippen MR) is 97.8 cm³/mol. The standard InChI is InChI=1S/C18H27N3S/c1-2-3-4-5-6-7-11-14-21-18(19)22-15-17(20-21)16-12-9-8-10-13-16/h8-10,12-13,19H,2-7,11,14-15H2,1H3/p+1. The SMILES string of the molecule is CCCCCCCCC[N+]1=C(N)SCC(c2ccccc2)=N1. The van der Waals surface area contributed by atoms with Crippen molar-refractivity contribution in [2.45, 2.75) is 51.9 Å². The fourth-order valence-corrected chi connectivity index (χ4v) is 3.38. The van der Waals surface area contributed by atoms with E-state index in [1.54, 1.807) is 11.8 Å². The van der Waals surface area contributed by atoms with Crippen molar-refractivity contribution < 1.29 is 4.68 Å². The molecule has 4 heteroatoms. The van der Waals surface area contributed by atoms with Gasteiger partial charge in [-0.25, -0.2) is 0 Å². The van der Waals surface area contributed by atoms with E-state index in [0.717, 1.165) is 23.2 Å². The smallest absolute Gasteiger partial charge is 0.280 e. The van der Waals surface area contributed by atoms with Crippen LogP contribution in [0.1, 0.15) is 57.4 Å². The third-order valence-corrected chi connectivity index (χ3v) is 4.86. The highest BCUT2D eigenvalue weighted by molar-refractivity contribution is 8.14. The molecule has 0 saturated heterocycles. The third-order valence-electron chi connectivity index (χ3n) is 3.93. The summed E-state index contributed by atoms with van der Waals surface area (Å²) in [6.07, 6.45) is 9.19. The van der Waals surface area contributed by atoms with Crippen LogP contribution in [0.3, 0.4) is 0 Å². The van der Waals surface area contributed by atoms with Crippen molar-refractivity contribution in [3.63, 3.8) is 0 Å². The summed E-state index contributed by atoms with van der Waals surface area (Å²) in [7, 11) is 0. The Morgan fingerprint density at radius 3 is 2.45 bits per heavy atom. The molecule has 0 saturated carbocycles. The van der Waals surface area contributed by atoms with Gasteiger partial charge in [0.1, 0.15) is 12.3 Å². The Bertz CT molecular complexity index is 508. The second-order valence-electron chi connectivity index (χ2n) is 5.78. The molecule has 2 N–H and O–H groups in total. The largest absolute Gasteiger partial charge is 0.329 e. The van der Waals surface area contributed by atoms with Crippen LogP contribution >= 0.6 is 11.8 Å². The number of hydrazone groups is 1. The number of unbranched alkanes of at least 4 members (excludes halogenated alkanes) is 6. The van der Waals surface area contributed by atoms with Gasteiger partial charge in [0.15, 0.2) is 0 Å². The summed E-state index contributed by atoms with van der Waals surface area (Å²) in [5.74, 6) is 0.864. The summed E-state index contributed by atoms with van der Waals surface area (Å²) in [5.41, 5.74) is 8.43. The van der Waals surface area contributed by atoms with Gasteiger partial charge in [0.05, 0.1) is 5.75 Å². The Morgan fingerprint density at radius 2 is 1.73 bits per heavy atom. The molecule has 120 valence electrons. The van der Waals surface area contributed by atoms with E-state index in [2.05, 4.69) is 31.2 Å². The molecular weight excluding hydrogens is 290 g/mol. The molecule has 0 radical (unpaired) electrons. The molecule has 1 aliphatic rings. The lowest BCUT2D eigenvalue weighted by Crippen LogP contribution is -2.30. The Balaban J connectivity index is 1.81. The zero-order chi connectivity index (χ0) is 15.6. The fraction of sp³-hybridized carbons (Fsp3) is 0.556. The number of benzene rings is 1. The van der Waals surface area contributed by atoms with Gasteiger partial charge in [-0.3, -0.25) is 5.73 Å². The molecule has 0 atom stereocenters. The Hall–Kier alpha value is -1.29. The first-order chi connectivity index (χ1) is 10.8. The number of hydrogen-bond donors (Lipinski definition) is 1. The molecule has 0 bridgehead atoms. The van der Waals surface area contributed by atoms with Gasteiger partial charge in [-0.15, -0.1) is 4.68 Å². The van der Waals surface area contributed by atoms with Gasteiger partial charge in [0, 0.05) is 5.56 Å². The van der Waals surface area contributed by atoms with Gasteiger partial charge in [-0.05, 0) is 24.6 Å². The van der Waals surface area contributed by atoms with Crippen LogP contribution in [-0.2, 0) is 0 Å². The molecule has 1 aliphatic heterocycles. The van der Waals surface area contributed by atoms with E-state index in [1.165, 1.54) is 50.5 Å². The van der Waals surface area contributed by atoms with Crippen LogP contribution in [0.5, 0.6) is 0 Å². The number of amidine groups is 1. The highest BCUT2D eigenvalue weighted by atomic mass is 32.2. The normalized spacial score (nSPS) is 15.0. The van der Waals surface area contributed by atoms with Crippen molar-refractivity contribution in [1.82, 2.24) is 0 Å². The van der Waals surface area contributed by atoms with Crippen molar-refractivity contribution in [2.75, 3.05) is 12.3 Å². The van der Waals surface area contributed by atoms with Gasteiger partial charge in [0.25, 0.3) is 0 Å². The first-order valence-corrected chi connectivity index (χ1v) is 9.45. The lowest BCUT2D eigenvalue weighted by Gasteiger charge is -2.12. The molecule has 0 aromatic heterocycles. The van der Waals surface area contributed by atoms with Crippen molar-refractivity contribution in [3.8, 4) is 0 Å². The van der Waals surface area contributed by atoms with Gasteiger partial charge in [-0.1, -0.05) is 74.5 Å². The second kappa shape index (κ2) is 9.67. The van der Waals surface area contributed by atoms with E-state index >= 15 is 0 Å². The average molecular weight is 319 g/mol. The van der Waals surface area contributed by atoms with E-state index < -0.39 is 0 Å². The first kappa shape index (κ1) is 17.1. The number of nitrogens with two attached hydrogens (primary N) is 1. The lowest BCUT2D eigenvalue weighted by molar-refractivity contribution is -0.532. The number of hydrogen-bond acceptors (Lipinski definition) is 3. The number of nitrogens with zero attached hydrogens (tertiary/aromatic N) is 2. The van der Waals surface area contributed by atoms with E-state index in [4.69, 9.17) is 10.8 Å². The zero-order valence-electron chi connectivity index (χ0n) is 13.6. The summed E-state index contributed by atoms with van der Waals surface area (Å²) in [4.78, 5) is 0. The van der Waals surface area contributed by atoms with Gasteiger partial charge in [-0.2, -0.15) is 0 Å². The lowest BCUT2D eigenvalue weighted by atomic mass is 10.1. The summed E-state index contributed by atoms with van der Waals surface area (Å²) < 4.78 is 1.99. The van der Waals surface area contributed by atoms with Gasteiger partial charge < -0.3 is 0 Å². The second-order valence-corrected chi connectivity index (χ2v) is 6.78. The summed E-state index contributed by atoms with van der Waals surface area (Å²) in [6, 6.07) is 10.4. The Kier molecular flexibility index (Phi) is 7.50.